The average Bonchev–Trinajstić information content (AvgIpc) is 2.78. The van der Waals surface area contributed by atoms with Crippen LogP contribution in [0.3, 0.4) is 0 Å². The summed E-state index contributed by atoms with van der Waals surface area (Å²) in [5, 5.41) is 6.13. The Bertz CT molecular complexity index is 900. The molecule has 198 valence electrons. The Hall–Kier alpha value is -3.56. The van der Waals surface area contributed by atoms with Crippen molar-refractivity contribution in [3.63, 3.8) is 0 Å². The molecule has 0 aromatic rings. The van der Waals surface area contributed by atoms with Gasteiger partial charge in [0.25, 0.3) is 0 Å². The van der Waals surface area contributed by atoms with E-state index in [0.29, 0.717) is 22.8 Å². The van der Waals surface area contributed by atoms with Gasteiger partial charge in [0.1, 0.15) is 0 Å². The van der Waals surface area contributed by atoms with Gasteiger partial charge in [0.15, 0.2) is 0 Å². The van der Waals surface area contributed by atoms with Gasteiger partial charge in [0.05, 0.1) is 48.7 Å². The largest absolute Gasteiger partial charge is 0.463 e. The zero-order valence-corrected chi connectivity index (χ0v) is 22.2. The molecule has 0 aromatic heterocycles. The number of allylic oxidation sites excluding steroid dienone is 4. The Kier molecular flexibility index (Phi) is 9.89. The van der Waals surface area contributed by atoms with Crippen LogP contribution in [0.4, 0.5) is 0 Å². The van der Waals surface area contributed by atoms with Gasteiger partial charge in [-0.1, -0.05) is 0 Å². The van der Waals surface area contributed by atoms with Crippen LogP contribution in [0.5, 0.6) is 0 Å². The van der Waals surface area contributed by atoms with Crippen molar-refractivity contribution in [3.8, 4) is 0 Å². The summed E-state index contributed by atoms with van der Waals surface area (Å²) in [5.41, 5.74) is 2.19. The molecule has 0 spiro atoms. The second-order valence-electron chi connectivity index (χ2n) is 8.24. The van der Waals surface area contributed by atoms with Crippen molar-refractivity contribution in [2.45, 2.75) is 55.4 Å². The van der Waals surface area contributed by atoms with Gasteiger partial charge in [-0.2, -0.15) is 0 Å². The molecule has 0 radical (unpaired) electrons. The number of hydrogen-bond donors (Lipinski definition) is 2. The van der Waals surface area contributed by atoms with Crippen molar-refractivity contribution in [3.05, 3.63) is 45.1 Å². The van der Waals surface area contributed by atoms with Gasteiger partial charge in [-0.15, -0.1) is 0 Å². The molecule has 36 heavy (non-hydrogen) atoms. The third-order valence-corrected chi connectivity index (χ3v) is 5.92. The molecule has 0 fully saturated rings. The molecule has 0 atom stereocenters. The van der Waals surface area contributed by atoms with Crippen molar-refractivity contribution in [1.82, 2.24) is 10.6 Å². The zero-order valence-electron chi connectivity index (χ0n) is 22.2. The lowest BCUT2D eigenvalue weighted by atomic mass is 9.68. The fourth-order valence-corrected chi connectivity index (χ4v) is 4.68. The smallest absolute Gasteiger partial charge is 0.336 e. The van der Waals surface area contributed by atoms with E-state index < -0.39 is 35.7 Å². The molecule has 2 heterocycles. The molecular weight excluding hydrogens is 468 g/mol. The first-order chi connectivity index (χ1) is 17.0. The van der Waals surface area contributed by atoms with Crippen molar-refractivity contribution in [2.75, 3.05) is 26.4 Å². The summed E-state index contributed by atoms with van der Waals surface area (Å²) in [4.78, 5) is 53.1. The maximum Gasteiger partial charge on any atom is 0.336 e. The predicted octanol–water partition coefficient (Wildman–Crippen LogP) is 2.77. The van der Waals surface area contributed by atoms with E-state index in [1.165, 1.54) is 0 Å². The summed E-state index contributed by atoms with van der Waals surface area (Å²) in [6.45, 7) is 13.7. The minimum atomic E-state index is -1.09. The Balaban J connectivity index is 2.97. The Morgan fingerprint density at radius 1 is 0.500 bits per heavy atom. The number of carbonyl (C=O) groups is 4. The minimum absolute atomic E-state index is 0.0885. The second kappa shape index (κ2) is 12.4. The van der Waals surface area contributed by atoms with E-state index in [9.17, 15) is 19.2 Å². The standard InChI is InChI=1S/C26H36N2O8/c1-9-33-23(29)17-13(5)27-14(6)18(24(30)34-10-2)21(17)22-19(25(31)35-11-3)15(7)28-16(8)20(22)26(32)36-12-4/h21-22,27-28H,9-12H2,1-8H3. The van der Waals surface area contributed by atoms with E-state index in [-0.39, 0.29) is 48.7 Å². The monoisotopic (exact) mass is 504 g/mol. The molecule has 2 N–H and O–H groups in total. The van der Waals surface area contributed by atoms with Crippen molar-refractivity contribution in [1.29, 1.82) is 0 Å². The first kappa shape index (κ1) is 28.7. The van der Waals surface area contributed by atoms with Gasteiger partial charge in [-0.25, -0.2) is 19.2 Å². The summed E-state index contributed by atoms with van der Waals surface area (Å²) in [7, 11) is 0. The maximum atomic E-state index is 13.3. The van der Waals surface area contributed by atoms with E-state index in [1.54, 1.807) is 55.4 Å². The third-order valence-electron chi connectivity index (χ3n) is 5.92. The van der Waals surface area contributed by atoms with Crippen LogP contribution in [0.15, 0.2) is 45.1 Å². The molecule has 0 saturated carbocycles. The molecule has 2 aliphatic heterocycles. The molecule has 0 aliphatic carbocycles. The van der Waals surface area contributed by atoms with E-state index in [0.717, 1.165) is 0 Å². The Labute approximate surface area is 211 Å². The lowest BCUT2D eigenvalue weighted by molar-refractivity contribution is -0.144. The van der Waals surface area contributed by atoms with E-state index in [2.05, 4.69) is 10.6 Å². The fraction of sp³-hybridized carbons (Fsp3) is 0.538. The highest BCUT2D eigenvalue weighted by atomic mass is 16.5. The van der Waals surface area contributed by atoms with Crippen LogP contribution in [0.2, 0.25) is 0 Å². The van der Waals surface area contributed by atoms with Gasteiger partial charge in [-0.3, -0.25) is 0 Å². The number of nitrogens with one attached hydrogen (secondary N) is 2. The summed E-state index contributed by atoms with van der Waals surface area (Å²) >= 11 is 0. The van der Waals surface area contributed by atoms with Crippen LogP contribution in [-0.2, 0) is 38.1 Å². The quantitative estimate of drug-likeness (QED) is 0.357. The average molecular weight is 505 g/mol. The van der Waals surface area contributed by atoms with E-state index in [1.807, 2.05) is 0 Å². The Morgan fingerprint density at radius 2 is 0.694 bits per heavy atom. The first-order valence-electron chi connectivity index (χ1n) is 12.1. The van der Waals surface area contributed by atoms with Crippen LogP contribution >= 0.6 is 0 Å². The van der Waals surface area contributed by atoms with E-state index >= 15 is 0 Å². The van der Waals surface area contributed by atoms with E-state index in [4.69, 9.17) is 18.9 Å². The van der Waals surface area contributed by atoms with Gasteiger partial charge < -0.3 is 29.6 Å². The highest BCUT2D eigenvalue weighted by Crippen LogP contribution is 2.46. The van der Waals surface area contributed by atoms with Crippen LogP contribution < -0.4 is 10.6 Å². The van der Waals surface area contributed by atoms with Crippen LogP contribution in [0.25, 0.3) is 0 Å². The number of hydrogen-bond acceptors (Lipinski definition) is 10. The molecule has 0 unspecified atom stereocenters. The van der Waals surface area contributed by atoms with Crippen molar-refractivity contribution < 1.29 is 38.1 Å². The van der Waals surface area contributed by atoms with Crippen LogP contribution in [0.1, 0.15) is 55.4 Å². The summed E-state index contributed by atoms with van der Waals surface area (Å²) in [5.74, 6) is -4.89. The van der Waals surface area contributed by atoms with Crippen molar-refractivity contribution >= 4 is 23.9 Å². The van der Waals surface area contributed by atoms with Gasteiger partial charge in [-0.05, 0) is 55.4 Å². The number of esters is 4. The molecule has 0 aromatic carbocycles. The molecule has 2 rings (SSSR count). The number of dihydropyridines is 2. The molecule has 0 amide bonds. The minimum Gasteiger partial charge on any atom is -0.463 e. The zero-order chi connectivity index (χ0) is 27.2. The highest BCUT2D eigenvalue weighted by Gasteiger charge is 2.49. The normalized spacial score (nSPS) is 17.0. The predicted molar refractivity (Wildman–Crippen MR) is 131 cm³/mol. The Morgan fingerprint density at radius 3 is 0.861 bits per heavy atom. The number of rotatable bonds is 9. The molecular formula is C26H36N2O8. The summed E-state index contributed by atoms with van der Waals surface area (Å²) in [6.07, 6.45) is 0. The summed E-state index contributed by atoms with van der Waals surface area (Å²) in [6, 6.07) is 0. The molecule has 0 saturated heterocycles. The topological polar surface area (TPSA) is 129 Å². The lowest BCUT2D eigenvalue weighted by Gasteiger charge is -2.39. The maximum absolute atomic E-state index is 13.3. The third kappa shape index (κ3) is 5.63. The number of carbonyl (C=O) groups excluding carboxylic acids is 4. The van der Waals surface area contributed by atoms with Crippen LogP contribution in [0, 0.1) is 11.8 Å². The summed E-state index contributed by atoms with van der Waals surface area (Å²) < 4.78 is 21.4. The van der Waals surface area contributed by atoms with Crippen LogP contribution in [-0.4, -0.2) is 50.3 Å². The van der Waals surface area contributed by atoms with Gasteiger partial charge in [0.2, 0.25) is 0 Å². The SMILES string of the molecule is CCOC(=O)C1=C(C)NC(C)=C(C(=O)OCC)C1C1C(C(=O)OCC)=C(C)NC(C)=C1C(=O)OCC. The fourth-order valence-electron chi connectivity index (χ4n) is 4.68. The highest BCUT2D eigenvalue weighted by molar-refractivity contribution is 6.03. The van der Waals surface area contributed by atoms with Crippen molar-refractivity contribution in [2.24, 2.45) is 11.8 Å². The molecule has 0 bridgehead atoms. The van der Waals surface area contributed by atoms with Gasteiger partial charge >= 0.3 is 23.9 Å². The molecule has 10 nitrogen and oxygen atoms in total. The molecule has 10 heteroatoms. The van der Waals surface area contributed by atoms with Gasteiger partial charge in [0, 0.05) is 34.6 Å². The second-order valence-corrected chi connectivity index (χ2v) is 8.24. The molecule has 2 aliphatic rings. The first-order valence-corrected chi connectivity index (χ1v) is 12.1. The number of ether oxygens (including phenoxy) is 4. The lowest BCUT2D eigenvalue weighted by Crippen LogP contribution is -2.43.